The van der Waals surface area contributed by atoms with Crippen LogP contribution in [0.2, 0.25) is 0 Å². The molecule has 0 aliphatic carbocycles. The number of halogens is 3. The first kappa shape index (κ1) is 13.6. The second kappa shape index (κ2) is 5.48. The quantitative estimate of drug-likeness (QED) is 0.678. The summed E-state index contributed by atoms with van der Waals surface area (Å²) in [4.78, 5) is 14.2. The van der Waals surface area contributed by atoms with Crippen LogP contribution in [-0.2, 0) is 6.18 Å². The minimum Gasteiger partial charge on any atom is -0.293 e. The molecule has 0 aromatic carbocycles. The fourth-order valence-corrected chi connectivity index (χ4v) is 0.799. The van der Waals surface area contributed by atoms with E-state index < -0.39 is 17.5 Å². The molecule has 0 atom stereocenters. The zero-order chi connectivity index (χ0) is 12.1. The van der Waals surface area contributed by atoms with Gasteiger partial charge in [0.15, 0.2) is 5.78 Å². The molecule has 0 spiro atoms. The monoisotopic (exact) mass is 219 g/mol. The summed E-state index contributed by atoms with van der Waals surface area (Å²) in [6.07, 6.45) is -3.45. The Morgan fingerprint density at radius 2 is 1.87 bits per heavy atom. The first-order valence-corrected chi connectivity index (χ1v) is 4.45. The van der Waals surface area contributed by atoms with E-state index in [0.29, 0.717) is 0 Å². The van der Waals surface area contributed by atoms with Crippen molar-refractivity contribution in [3.8, 4) is 0 Å². The van der Waals surface area contributed by atoms with Crippen LogP contribution in [0.1, 0.15) is 36.8 Å². The van der Waals surface area contributed by atoms with Crippen molar-refractivity contribution >= 4 is 5.78 Å². The number of rotatable bonds is 1. The highest BCUT2D eigenvalue weighted by atomic mass is 19.4. The molecule has 0 saturated heterocycles. The molecule has 1 heterocycles. The van der Waals surface area contributed by atoms with Crippen molar-refractivity contribution in [3.63, 3.8) is 0 Å². The second-order valence-corrected chi connectivity index (χ2v) is 2.48. The summed E-state index contributed by atoms with van der Waals surface area (Å²) in [5, 5.41) is 0. The Morgan fingerprint density at radius 1 is 1.33 bits per heavy atom. The number of nitrogens with zero attached hydrogens (tertiary/aromatic N) is 1. The third-order valence-corrected chi connectivity index (χ3v) is 1.45. The standard InChI is InChI=1S/C8H6F3NO.C2H6/c1-5(13)7-4-6(2-3-12-7)8(9,10)11;1-2/h2-4H,1H3;1-2H3. The highest BCUT2D eigenvalue weighted by molar-refractivity contribution is 5.92. The Kier molecular flexibility index (Phi) is 4.97. The van der Waals surface area contributed by atoms with Gasteiger partial charge in [-0.05, 0) is 12.1 Å². The van der Waals surface area contributed by atoms with Crippen molar-refractivity contribution in [3.05, 3.63) is 29.6 Å². The van der Waals surface area contributed by atoms with E-state index in [2.05, 4.69) is 4.98 Å². The van der Waals surface area contributed by atoms with Crippen LogP contribution in [0.3, 0.4) is 0 Å². The zero-order valence-corrected chi connectivity index (χ0v) is 8.72. The van der Waals surface area contributed by atoms with E-state index >= 15 is 0 Å². The van der Waals surface area contributed by atoms with Crippen molar-refractivity contribution in [2.75, 3.05) is 0 Å². The smallest absolute Gasteiger partial charge is 0.293 e. The summed E-state index contributed by atoms with van der Waals surface area (Å²) in [5.41, 5.74) is -1.03. The Balaban J connectivity index is 0.000000921. The number of alkyl halides is 3. The van der Waals surface area contributed by atoms with Crippen LogP contribution in [0.15, 0.2) is 18.3 Å². The van der Waals surface area contributed by atoms with Gasteiger partial charge in [-0.25, -0.2) is 0 Å². The van der Waals surface area contributed by atoms with Gasteiger partial charge in [0.1, 0.15) is 5.69 Å². The molecule has 15 heavy (non-hydrogen) atoms. The van der Waals surface area contributed by atoms with Crippen LogP contribution in [0, 0.1) is 0 Å². The lowest BCUT2D eigenvalue weighted by molar-refractivity contribution is -0.137. The topological polar surface area (TPSA) is 30.0 Å². The van der Waals surface area contributed by atoms with Crippen molar-refractivity contribution in [1.82, 2.24) is 4.98 Å². The van der Waals surface area contributed by atoms with Crippen LogP contribution >= 0.6 is 0 Å². The Morgan fingerprint density at radius 3 is 2.27 bits per heavy atom. The average molecular weight is 219 g/mol. The molecular formula is C10H12F3NO. The van der Waals surface area contributed by atoms with E-state index in [1.54, 1.807) is 0 Å². The fourth-order valence-electron chi connectivity index (χ4n) is 0.799. The molecule has 1 aromatic heterocycles. The molecule has 0 bridgehead atoms. The molecule has 0 N–H and O–H groups in total. The normalized spacial score (nSPS) is 10.3. The van der Waals surface area contributed by atoms with Gasteiger partial charge >= 0.3 is 6.18 Å². The number of Topliss-reactive ketones (excluding diaryl/α,β-unsaturated/α-hetero) is 1. The Labute approximate surface area is 86.1 Å². The molecule has 2 nitrogen and oxygen atoms in total. The van der Waals surface area contributed by atoms with Gasteiger partial charge in [-0.15, -0.1) is 0 Å². The lowest BCUT2D eigenvalue weighted by Gasteiger charge is -2.06. The molecule has 5 heteroatoms. The van der Waals surface area contributed by atoms with Crippen LogP contribution in [0.4, 0.5) is 13.2 Å². The molecule has 0 aliphatic heterocycles. The largest absolute Gasteiger partial charge is 0.416 e. The predicted octanol–water partition coefficient (Wildman–Crippen LogP) is 3.33. The summed E-state index contributed by atoms with van der Waals surface area (Å²) < 4.78 is 36.3. The average Bonchev–Trinajstić information content (AvgIpc) is 2.20. The van der Waals surface area contributed by atoms with E-state index in [1.165, 1.54) is 6.92 Å². The predicted molar refractivity (Wildman–Crippen MR) is 50.6 cm³/mol. The van der Waals surface area contributed by atoms with Crippen LogP contribution in [0.25, 0.3) is 0 Å². The van der Waals surface area contributed by atoms with Gasteiger partial charge in [-0.2, -0.15) is 13.2 Å². The van der Waals surface area contributed by atoms with E-state index in [0.717, 1.165) is 18.3 Å². The van der Waals surface area contributed by atoms with Crippen LogP contribution in [0.5, 0.6) is 0 Å². The van der Waals surface area contributed by atoms with Crippen molar-refractivity contribution < 1.29 is 18.0 Å². The highest BCUT2D eigenvalue weighted by Gasteiger charge is 2.30. The third kappa shape index (κ3) is 4.10. The van der Waals surface area contributed by atoms with E-state index in [-0.39, 0.29) is 5.69 Å². The van der Waals surface area contributed by atoms with E-state index in [9.17, 15) is 18.0 Å². The number of pyridine rings is 1. The lowest BCUT2D eigenvalue weighted by Crippen LogP contribution is -2.07. The first-order valence-electron chi connectivity index (χ1n) is 4.45. The highest BCUT2D eigenvalue weighted by Crippen LogP contribution is 2.28. The first-order chi connectivity index (χ1) is 6.91. The summed E-state index contributed by atoms with van der Waals surface area (Å²) in [6.45, 7) is 5.17. The maximum atomic E-state index is 12.1. The van der Waals surface area contributed by atoms with Gasteiger partial charge in [-0.3, -0.25) is 9.78 Å². The molecule has 1 rings (SSSR count). The number of aromatic nitrogens is 1. The zero-order valence-electron chi connectivity index (χ0n) is 8.72. The number of carbonyl (C=O) groups excluding carboxylic acids is 1. The van der Waals surface area contributed by atoms with E-state index in [4.69, 9.17) is 0 Å². The number of carbonyl (C=O) groups is 1. The fraction of sp³-hybridized carbons (Fsp3) is 0.400. The lowest BCUT2D eigenvalue weighted by atomic mass is 10.2. The molecule has 0 saturated carbocycles. The van der Waals surface area contributed by atoms with Crippen molar-refractivity contribution in [2.24, 2.45) is 0 Å². The minimum absolute atomic E-state index is 0.171. The van der Waals surface area contributed by atoms with Crippen LogP contribution in [-0.4, -0.2) is 10.8 Å². The van der Waals surface area contributed by atoms with Gasteiger partial charge in [0, 0.05) is 13.1 Å². The number of ketones is 1. The summed E-state index contributed by atoms with van der Waals surface area (Å²) in [7, 11) is 0. The molecule has 0 unspecified atom stereocenters. The maximum absolute atomic E-state index is 12.1. The summed E-state index contributed by atoms with van der Waals surface area (Å²) >= 11 is 0. The molecule has 84 valence electrons. The van der Waals surface area contributed by atoms with Crippen LogP contribution < -0.4 is 0 Å². The minimum atomic E-state index is -4.42. The number of hydrogen-bond donors (Lipinski definition) is 0. The van der Waals surface area contributed by atoms with E-state index in [1.807, 2.05) is 13.8 Å². The molecule has 0 amide bonds. The second-order valence-electron chi connectivity index (χ2n) is 2.48. The summed E-state index contributed by atoms with van der Waals surface area (Å²) in [5.74, 6) is -0.480. The third-order valence-electron chi connectivity index (χ3n) is 1.45. The molecule has 1 aromatic rings. The van der Waals surface area contributed by atoms with Gasteiger partial charge in [0.2, 0.25) is 0 Å². The molecule has 0 aliphatic rings. The van der Waals surface area contributed by atoms with Gasteiger partial charge in [-0.1, -0.05) is 13.8 Å². The summed E-state index contributed by atoms with van der Waals surface area (Å²) in [6, 6.07) is 1.56. The Bertz CT molecular complexity index is 334. The molecule has 0 radical (unpaired) electrons. The van der Waals surface area contributed by atoms with Gasteiger partial charge in [0.25, 0.3) is 0 Å². The molecular weight excluding hydrogens is 207 g/mol. The maximum Gasteiger partial charge on any atom is 0.416 e. The van der Waals surface area contributed by atoms with Gasteiger partial charge in [0.05, 0.1) is 5.56 Å². The molecule has 0 fully saturated rings. The SMILES string of the molecule is CC.CC(=O)c1cc(C(F)(F)F)ccn1. The van der Waals surface area contributed by atoms with Gasteiger partial charge < -0.3 is 0 Å². The van der Waals surface area contributed by atoms with Crippen molar-refractivity contribution in [1.29, 1.82) is 0 Å². The Hall–Kier alpha value is -1.39. The number of hydrogen-bond acceptors (Lipinski definition) is 2. The van der Waals surface area contributed by atoms with Crippen molar-refractivity contribution in [2.45, 2.75) is 26.9 Å².